The van der Waals surface area contributed by atoms with Crippen molar-refractivity contribution in [2.45, 2.75) is 47.5 Å². The molecule has 2 rings (SSSR count). The van der Waals surface area contributed by atoms with E-state index >= 15 is 0 Å². The summed E-state index contributed by atoms with van der Waals surface area (Å²) in [5.41, 5.74) is 0. The molecule has 0 saturated carbocycles. The maximum atomic E-state index is 12.6. The topological polar surface area (TPSA) is 107 Å². The quantitative estimate of drug-likeness (QED) is 0.259. The number of rotatable bonds is 4. The van der Waals surface area contributed by atoms with Crippen LogP contribution in [-0.2, 0) is 33.7 Å². The van der Waals surface area contributed by atoms with Gasteiger partial charge in [-0.05, 0) is 36.4 Å². The molecule has 0 N–H and O–H groups in total. The van der Waals surface area contributed by atoms with Gasteiger partial charge in [0.05, 0.1) is 6.42 Å². The van der Waals surface area contributed by atoms with Crippen molar-refractivity contribution in [3.8, 4) is 0 Å². The third kappa shape index (κ3) is 2.49. The molecule has 10 heteroatoms. The zero-order valence-electron chi connectivity index (χ0n) is 12.2. The van der Waals surface area contributed by atoms with Crippen LogP contribution in [0.5, 0.6) is 0 Å². The van der Waals surface area contributed by atoms with Gasteiger partial charge in [0.2, 0.25) is 5.91 Å². The molecule has 2 heterocycles. The monoisotopic (exact) mass is 445 g/mol. The van der Waals surface area contributed by atoms with Crippen molar-refractivity contribution < 1.29 is 32.3 Å². The van der Waals surface area contributed by atoms with Gasteiger partial charge in [-0.15, -0.1) is 0 Å². The van der Waals surface area contributed by atoms with Crippen LogP contribution in [0.1, 0.15) is 27.2 Å². The number of nitrogens with zero attached hydrogens (tertiary/aromatic N) is 1. The Morgan fingerprint density at radius 3 is 2.55 bits per heavy atom. The van der Waals surface area contributed by atoms with Crippen molar-refractivity contribution in [2.75, 3.05) is 6.61 Å². The van der Waals surface area contributed by atoms with Gasteiger partial charge >= 0.3 is 11.9 Å². The highest BCUT2D eigenvalue weighted by molar-refractivity contribution is 14.1. The molecule has 2 aliphatic rings. The number of carbonyl (C=O) groups is 3. The van der Waals surface area contributed by atoms with Gasteiger partial charge in [0.15, 0.2) is 15.9 Å². The predicted octanol–water partition coefficient (Wildman–Crippen LogP) is -0.0122. The molecule has 8 nitrogen and oxygen atoms in total. The number of hydrogen-bond acceptors (Lipinski definition) is 7. The van der Waals surface area contributed by atoms with E-state index < -0.39 is 54.6 Å². The molecule has 1 unspecified atom stereocenters. The van der Waals surface area contributed by atoms with Crippen molar-refractivity contribution in [3.63, 3.8) is 0 Å². The highest BCUT2D eigenvalue weighted by atomic mass is 127. The Kier molecular flexibility index (Phi) is 4.46. The maximum Gasteiger partial charge on any atom is 0.331 e. The lowest BCUT2D eigenvalue weighted by molar-refractivity contribution is -0.163. The van der Waals surface area contributed by atoms with Gasteiger partial charge in [0.1, 0.15) is 20.8 Å². The number of alkyl halides is 1. The highest BCUT2D eigenvalue weighted by Gasteiger charge is 2.70. The average molecular weight is 445 g/mol. The second-order valence-corrected chi connectivity index (χ2v) is 9.80. The Morgan fingerprint density at radius 1 is 1.50 bits per heavy atom. The summed E-state index contributed by atoms with van der Waals surface area (Å²) in [4.78, 5) is 36.1. The van der Waals surface area contributed by atoms with Crippen LogP contribution in [0.4, 0.5) is 0 Å². The number of ether oxygens (including phenoxy) is 2. The Balaban J connectivity index is 2.42. The zero-order chi connectivity index (χ0) is 16.9. The SMILES string of the molecule is CC(=O)OC[C@@]1(C)[C@H](C(=O)OC(C)I)N2C(=O)C[C@H]2S1(=O)=O. The summed E-state index contributed by atoms with van der Waals surface area (Å²) in [5.74, 6) is -1.90. The molecule has 0 aliphatic carbocycles. The summed E-state index contributed by atoms with van der Waals surface area (Å²) >= 11 is 1.85. The standard InChI is InChI=1S/C12H16INO7S/c1-6(13)21-11(17)10-12(3,5-20-7(2)15)22(18,19)9-4-8(16)14(9)10/h6,9-10H,4-5H2,1-3H3/t6?,9-,10+,12+/m1/s1. The zero-order valence-corrected chi connectivity index (χ0v) is 15.2. The maximum absolute atomic E-state index is 12.6. The number of hydrogen-bond donors (Lipinski definition) is 0. The molecule has 2 saturated heterocycles. The van der Waals surface area contributed by atoms with Crippen LogP contribution < -0.4 is 0 Å². The number of esters is 2. The molecule has 2 aliphatic heterocycles. The molecule has 22 heavy (non-hydrogen) atoms. The lowest BCUT2D eigenvalue weighted by Crippen LogP contribution is -2.58. The normalized spacial score (nSPS) is 33.6. The van der Waals surface area contributed by atoms with E-state index in [1.807, 2.05) is 22.6 Å². The molecule has 0 aromatic heterocycles. The van der Waals surface area contributed by atoms with E-state index in [-0.39, 0.29) is 6.42 Å². The minimum atomic E-state index is -3.86. The fraction of sp³-hybridized carbons (Fsp3) is 0.750. The Labute approximate surface area is 141 Å². The Hall–Kier alpha value is -0.910. The summed E-state index contributed by atoms with van der Waals surface area (Å²) in [7, 11) is -3.86. The molecule has 0 radical (unpaired) electrons. The van der Waals surface area contributed by atoms with E-state index in [4.69, 9.17) is 9.47 Å². The second-order valence-electron chi connectivity index (χ2n) is 5.48. The highest BCUT2D eigenvalue weighted by Crippen LogP contribution is 2.46. The molecule has 0 aromatic carbocycles. The fourth-order valence-corrected chi connectivity index (χ4v) is 5.24. The minimum absolute atomic E-state index is 0.165. The van der Waals surface area contributed by atoms with Crippen LogP contribution in [0.3, 0.4) is 0 Å². The molecular weight excluding hydrogens is 429 g/mol. The van der Waals surface area contributed by atoms with Gasteiger partial charge in [-0.2, -0.15) is 0 Å². The van der Waals surface area contributed by atoms with E-state index in [2.05, 4.69) is 0 Å². The lowest BCUT2D eigenvalue weighted by Gasteiger charge is -2.36. The number of sulfone groups is 1. The van der Waals surface area contributed by atoms with Gasteiger partial charge in [-0.25, -0.2) is 13.2 Å². The summed E-state index contributed by atoms with van der Waals surface area (Å²) in [6.45, 7) is 3.56. The van der Waals surface area contributed by atoms with Crippen LogP contribution in [0.2, 0.25) is 0 Å². The van der Waals surface area contributed by atoms with E-state index in [0.717, 1.165) is 11.8 Å². The number of halogens is 1. The van der Waals surface area contributed by atoms with Crippen LogP contribution in [-0.4, -0.2) is 58.0 Å². The van der Waals surface area contributed by atoms with E-state index in [0.29, 0.717) is 0 Å². The summed E-state index contributed by atoms with van der Waals surface area (Å²) in [6.07, 6.45) is -0.165. The molecule has 2 fully saturated rings. The molecular formula is C12H16INO7S. The van der Waals surface area contributed by atoms with E-state index in [1.165, 1.54) is 6.92 Å². The van der Waals surface area contributed by atoms with Crippen molar-refractivity contribution in [2.24, 2.45) is 0 Å². The van der Waals surface area contributed by atoms with Gasteiger partial charge in [0.25, 0.3) is 0 Å². The first kappa shape index (κ1) is 17.4. The van der Waals surface area contributed by atoms with Gasteiger partial charge in [0, 0.05) is 6.92 Å². The third-order valence-electron chi connectivity index (χ3n) is 3.88. The summed E-state index contributed by atoms with van der Waals surface area (Å²) < 4.78 is 33.0. The molecule has 124 valence electrons. The van der Waals surface area contributed by atoms with Gasteiger partial charge in [-0.1, -0.05) is 0 Å². The largest absolute Gasteiger partial charge is 0.464 e. The third-order valence-corrected chi connectivity index (χ3v) is 6.88. The first-order valence-electron chi connectivity index (χ1n) is 6.55. The Morgan fingerprint density at radius 2 is 2.09 bits per heavy atom. The predicted molar refractivity (Wildman–Crippen MR) is 82.6 cm³/mol. The van der Waals surface area contributed by atoms with E-state index in [9.17, 15) is 22.8 Å². The second kappa shape index (κ2) is 5.62. The van der Waals surface area contributed by atoms with Crippen molar-refractivity contribution in [1.82, 2.24) is 4.90 Å². The molecule has 0 aromatic rings. The number of β-lactam (4-membered cyclic amide) rings is 1. The number of amides is 1. The first-order valence-corrected chi connectivity index (χ1v) is 9.34. The lowest BCUT2D eigenvalue weighted by atomic mass is 9.97. The van der Waals surface area contributed by atoms with Crippen LogP contribution >= 0.6 is 22.6 Å². The molecule has 1 amide bonds. The summed E-state index contributed by atoms with van der Waals surface area (Å²) in [5, 5.41) is -1.05. The van der Waals surface area contributed by atoms with Gasteiger partial charge in [-0.3, -0.25) is 9.59 Å². The first-order chi connectivity index (χ1) is 10.0. The van der Waals surface area contributed by atoms with Crippen molar-refractivity contribution in [3.05, 3.63) is 0 Å². The molecule has 4 atom stereocenters. The fourth-order valence-electron chi connectivity index (χ4n) is 2.72. The van der Waals surface area contributed by atoms with Crippen LogP contribution in [0, 0.1) is 0 Å². The Bertz CT molecular complexity index is 631. The smallest absolute Gasteiger partial charge is 0.331 e. The van der Waals surface area contributed by atoms with E-state index in [1.54, 1.807) is 6.92 Å². The van der Waals surface area contributed by atoms with Crippen molar-refractivity contribution >= 4 is 50.3 Å². The molecule has 0 spiro atoms. The summed E-state index contributed by atoms with van der Waals surface area (Å²) in [6, 6.07) is -1.31. The van der Waals surface area contributed by atoms with Crippen LogP contribution in [0.15, 0.2) is 0 Å². The number of fused-ring (bicyclic) bond motifs is 1. The minimum Gasteiger partial charge on any atom is -0.464 e. The number of carbonyl (C=O) groups excluding carboxylic acids is 3. The van der Waals surface area contributed by atoms with Crippen molar-refractivity contribution in [1.29, 1.82) is 0 Å². The average Bonchev–Trinajstić information content (AvgIpc) is 2.50. The van der Waals surface area contributed by atoms with Crippen LogP contribution in [0.25, 0.3) is 0 Å². The van der Waals surface area contributed by atoms with Gasteiger partial charge < -0.3 is 14.4 Å². The molecule has 0 bridgehead atoms.